The Balaban J connectivity index is 2.14. The topological polar surface area (TPSA) is 56.0 Å². The fourth-order valence-electron chi connectivity index (χ4n) is 1.52. The number of Topliss-reactive ketones (excluding diaryl/α,β-unsaturated/α-hetero) is 1. The number of nitrogens with zero attached hydrogens (tertiary/aromatic N) is 1. The van der Waals surface area contributed by atoms with Crippen molar-refractivity contribution in [2.75, 3.05) is 5.73 Å². The molecule has 3 heteroatoms. The molecule has 0 aliphatic heterocycles. The van der Waals surface area contributed by atoms with Crippen molar-refractivity contribution < 1.29 is 4.79 Å². The van der Waals surface area contributed by atoms with E-state index in [2.05, 4.69) is 4.98 Å². The van der Waals surface area contributed by atoms with Crippen molar-refractivity contribution >= 4 is 11.6 Å². The third-order valence-corrected chi connectivity index (χ3v) is 2.31. The highest BCUT2D eigenvalue weighted by atomic mass is 16.1. The maximum atomic E-state index is 11.9. The number of benzene rings is 1. The minimum absolute atomic E-state index is 0.0891. The van der Waals surface area contributed by atoms with Crippen LogP contribution >= 0.6 is 0 Å². The number of rotatable bonds is 3. The summed E-state index contributed by atoms with van der Waals surface area (Å²) in [5.74, 6) is 0.532. The molecule has 1 heterocycles. The maximum Gasteiger partial charge on any atom is 0.167 e. The van der Waals surface area contributed by atoms with Crippen molar-refractivity contribution in [1.29, 1.82) is 0 Å². The van der Waals surface area contributed by atoms with E-state index in [4.69, 9.17) is 5.73 Å². The number of aromatic nitrogens is 1. The second-order valence-electron chi connectivity index (χ2n) is 3.55. The highest BCUT2D eigenvalue weighted by Crippen LogP contribution is 2.08. The van der Waals surface area contributed by atoms with Gasteiger partial charge in [-0.05, 0) is 17.7 Å². The van der Waals surface area contributed by atoms with Crippen LogP contribution in [0.25, 0.3) is 0 Å². The molecule has 0 bridgehead atoms. The number of carbonyl (C=O) groups is 1. The predicted molar refractivity (Wildman–Crippen MR) is 63.1 cm³/mol. The van der Waals surface area contributed by atoms with Crippen LogP contribution in [0.5, 0.6) is 0 Å². The van der Waals surface area contributed by atoms with Crippen molar-refractivity contribution in [1.82, 2.24) is 4.98 Å². The molecule has 0 saturated heterocycles. The van der Waals surface area contributed by atoms with Crippen molar-refractivity contribution in [3.8, 4) is 0 Å². The summed E-state index contributed by atoms with van der Waals surface area (Å²) in [5, 5.41) is 0. The first kappa shape index (κ1) is 10.4. The van der Waals surface area contributed by atoms with E-state index in [1.54, 1.807) is 18.3 Å². The molecule has 0 spiro atoms. The average Bonchev–Trinajstić information content (AvgIpc) is 2.30. The van der Waals surface area contributed by atoms with Gasteiger partial charge in [-0.15, -0.1) is 0 Å². The van der Waals surface area contributed by atoms with Crippen LogP contribution in [-0.2, 0) is 6.42 Å². The molecule has 3 nitrogen and oxygen atoms in total. The minimum Gasteiger partial charge on any atom is -0.384 e. The first-order valence-electron chi connectivity index (χ1n) is 5.04. The van der Waals surface area contributed by atoms with E-state index in [0.717, 1.165) is 11.1 Å². The Morgan fingerprint density at radius 1 is 1.19 bits per heavy atom. The molecule has 0 aliphatic carbocycles. The lowest BCUT2D eigenvalue weighted by Crippen LogP contribution is -2.04. The van der Waals surface area contributed by atoms with Gasteiger partial charge in [0, 0.05) is 18.2 Å². The van der Waals surface area contributed by atoms with Crippen LogP contribution in [0.15, 0.2) is 48.7 Å². The second kappa shape index (κ2) is 4.57. The number of nitrogen functional groups attached to an aromatic ring is 1. The lowest BCUT2D eigenvalue weighted by atomic mass is 10.0. The van der Waals surface area contributed by atoms with E-state index in [1.165, 1.54) is 0 Å². The zero-order valence-electron chi connectivity index (χ0n) is 8.76. The largest absolute Gasteiger partial charge is 0.384 e. The van der Waals surface area contributed by atoms with Crippen LogP contribution in [0.1, 0.15) is 15.9 Å². The average molecular weight is 212 g/mol. The van der Waals surface area contributed by atoms with Gasteiger partial charge in [-0.25, -0.2) is 4.98 Å². The molecule has 0 amide bonds. The molecule has 1 aromatic carbocycles. The molecule has 0 saturated carbocycles. The molecular formula is C13H12N2O. The molecule has 0 unspecified atom stereocenters. The van der Waals surface area contributed by atoms with Crippen molar-refractivity contribution in [3.63, 3.8) is 0 Å². The van der Waals surface area contributed by atoms with Crippen molar-refractivity contribution in [2.45, 2.75) is 6.42 Å². The van der Waals surface area contributed by atoms with Crippen LogP contribution in [0, 0.1) is 0 Å². The smallest absolute Gasteiger partial charge is 0.167 e. The van der Waals surface area contributed by atoms with Crippen LogP contribution in [0.4, 0.5) is 5.82 Å². The SMILES string of the molecule is Nc1cc(CC(=O)c2ccccc2)ccn1. The number of nitrogens with two attached hydrogens (primary N) is 1. The van der Waals surface area contributed by atoms with E-state index in [-0.39, 0.29) is 5.78 Å². The minimum atomic E-state index is 0.0891. The standard InChI is InChI=1S/C13H12N2O/c14-13-9-10(6-7-15-13)8-12(16)11-4-2-1-3-5-11/h1-7,9H,8H2,(H2,14,15). The predicted octanol–water partition coefficient (Wildman–Crippen LogP) is 2.09. The van der Waals surface area contributed by atoms with Gasteiger partial charge in [0.05, 0.1) is 0 Å². The summed E-state index contributed by atoms with van der Waals surface area (Å²) < 4.78 is 0. The van der Waals surface area contributed by atoms with Gasteiger partial charge >= 0.3 is 0 Å². The molecule has 2 N–H and O–H groups in total. The third kappa shape index (κ3) is 2.45. The second-order valence-corrected chi connectivity index (χ2v) is 3.55. The van der Waals surface area contributed by atoms with Gasteiger partial charge in [-0.3, -0.25) is 4.79 Å². The summed E-state index contributed by atoms with van der Waals surface area (Å²) in [6.07, 6.45) is 1.97. The fraction of sp³-hybridized carbons (Fsp3) is 0.0769. The summed E-state index contributed by atoms with van der Waals surface area (Å²) in [6, 6.07) is 12.8. The lowest BCUT2D eigenvalue weighted by molar-refractivity contribution is 0.0993. The molecule has 16 heavy (non-hydrogen) atoms. The third-order valence-electron chi connectivity index (χ3n) is 2.31. The first-order chi connectivity index (χ1) is 7.75. The molecule has 2 rings (SSSR count). The van der Waals surface area contributed by atoms with E-state index in [0.29, 0.717) is 12.2 Å². The van der Waals surface area contributed by atoms with Gasteiger partial charge in [0.1, 0.15) is 5.82 Å². The zero-order chi connectivity index (χ0) is 11.4. The Bertz CT molecular complexity index is 494. The number of hydrogen-bond donors (Lipinski definition) is 1. The summed E-state index contributed by atoms with van der Waals surface area (Å²) in [4.78, 5) is 15.8. The number of ketones is 1. The molecule has 80 valence electrons. The van der Waals surface area contributed by atoms with Gasteiger partial charge in [0.2, 0.25) is 0 Å². The molecule has 0 aliphatic rings. The zero-order valence-corrected chi connectivity index (χ0v) is 8.76. The van der Waals surface area contributed by atoms with Crippen molar-refractivity contribution in [2.24, 2.45) is 0 Å². The number of carbonyl (C=O) groups excluding carboxylic acids is 1. The summed E-state index contributed by atoms with van der Waals surface area (Å²) in [5.41, 5.74) is 7.16. The Morgan fingerprint density at radius 3 is 2.62 bits per heavy atom. The highest BCUT2D eigenvalue weighted by Gasteiger charge is 2.06. The van der Waals surface area contributed by atoms with Gasteiger partial charge in [-0.1, -0.05) is 30.3 Å². The van der Waals surface area contributed by atoms with Crippen LogP contribution in [0.2, 0.25) is 0 Å². The first-order valence-corrected chi connectivity index (χ1v) is 5.04. The highest BCUT2D eigenvalue weighted by molar-refractivity contribution is 5.97. The van der Waals surface area contributed by atoms with E-state index in [1.807, 2.05) is 30.3 Å². The Morgan fingerprint density at radius 2 is 1.94 bits per heavy atom. The van der Waals surface area contributed by atoms with E-state index in [9.17, 15) is 4.79 Å². The van der Waals surface area contributed by atoms with Crippen molar-refractivity contribution in [3.05, 3.63) is 59.8 Å². The van der Waals surface area contributed by atoms with Crippen LogP contribution in [0.3, 0.4) is 0 Å². The molecular weight excluding hydrogens is 200 g/mol. The molecule has 2 aromatic rings. The molecule has 0 fully saturated rings. The summed E-state index contributed by atoms with van der Waals surface area (Å²) in [6.45, 7) is 0. The number of pyridine rings is 1. The quantitative estimate of drug-likeness (QED) is 0.792. The Labute approximate surface area is 93.9 Å². The normalized spacial score (nSPS) is 10.0. The number of hydrogen-bond acceptors (Lipinski definition) is 3. The maximum absolute atomic E-state index is 11.9. The molecule has 0 radical (unpaired) electrons. The monoisotopic (exact) mass is 212 g/mol. The van der Waals surface area contributed by atoms with Crippen LogP contribution < -0.4 is 5.73 Å². The van der Waals surface area contributed by atoms with Gasteiger partial charge in [0.15, 0.2) is 5.78 Å². The molecule has 1 aromatic heterocycles. The lowest BCUT2D eigenvalue weighted by Gasteiger charge is -2.01. The fourth-order valence-corrected chi connectivity index (χ4v) is 1.52. The number of anilines is 1. The molecule has 0 atom stereocenters. The summed E-state index contributed by atoms with van der Waals surface area (Å²) in [7, 11) is 0. The Kier molecular flexibility index (Phi) is 2.96. The van der Waals surface area contributed by atoms with E-state index < -0.39 is 0 Å². The Hall–Kier alpha value is -2.16. The summed E-state index contributed by atoms with van der Waals surface area (Å²) >= 11 is 0. The van der Waals surface area contributed by atoms with Gasteiger partial charge in [-0.2, -0.15) is 0 Å². The van der Waals surface area contributed by atoms with E-state index >= 15 is 0 Å². The van der Waals surface area contributed by atoms with Gasteiger partial charge < -0.3 is 5.73 Å². The van der Waals surface area contributed by atoms with Gasteiger partial charge in [0.25, 0.3) is 0 Å². The van der Waals surface area contributed by atoms with Crippen LogP contribution in [-0.4, -0.2) is 10.8 Å².